The third-order valence-electron chi connectivity index (χ3n) is 2.99. The Labute approximate surface area is 99.2 Å². The molecule has 0 spiro atoms. The van der Waals surface area contributed by atoms with Gasteiger partial charge in [0.25, 0.3) is 0 Å². The van der Waals surface area contributed by atoms with Crippen molar-refractivity contribution in [2.45, 2.75) is 63.8 Å². The van der Waals surface area contributed by atoms with Crippen LogP contribution in [0.2, 0.25) is 0 Å². The van der Waals surface area contributed by atoms with Crippen molar-refractivity contribution >= 4 is 6.29 Å². The minimum atomic E-state index is 0.0656. The Kier molecular flexibility index (Phi) is 7.80. The minimum absolute atomic E-state index is 0.0656. The molecular weight excluding hydrogens is 198 g/mol. The van der Waals surface area contributed by atoms with Crippen LogP contribution in [0.1, 0.15) is 57.8 Å². The Morgan fingerprint density at radius 2 is 1.62 bits per heavy atom. The molecule has 2 heteroatoms. The molecule has 0 aromatic rings. The maximum atomic E-state index is 10.8. The second-order valence-corrected chi connectivity index (χ2v) is 4.46. The summed E-state index contributed by atoms with van der Waals surface area (Å²) in [4.78, 5) is 10.8. The zero-order chi connectivity index (χ0) is 11.5. The van der Waals surface area contributed by atoms with E-state index in [-0.39, 0.29) is 6.04 Å². The summed E-state index contributed by atoms with van der Waals surface area (Å²) in [5.74, 6) is 6.44. The average Bonchev–Trinajstić information content (AvgIpc) is 2.32. The molecule has 1 rings (SSSR count). The highest BCUT2D eigenvalue weighted by atomic mass is 16.1. The fourth-order valence-electron chi connectivity index (χ4n) is 1.95. The summed E-state index contributed by atoms with van der Waals surface area (Å²) in [5, 5.41) is 3.32. The van der Waals surface area contributed by atoms with E-state index in [1.54, 1.807) is 0 Å². The quantitative estimate of drug-likeness (QED) is 0.545. The Bertz CT molecular complexity index is 239. The van der Waals surface area contributed by atoms with Gasteiger partial charge >= 0.3 is 0 Å². The molecule has 0 saturated heterocycles. The van der Waals surface area contributed by atoms with Crippen molar-refractivity contribution in [3.05, 3.63) is 0 Å². The topological polar surface area (TPSA) is 29.1 Å². The Hall–Kier alpha value is -0.810. The van der Waals surface area contributed by atoms with Gasteiger partial charge in [0.1, 0.15) is 6.29 Å². The van der Waals surface area contributed by atoms with Gasteiger partial charge in [0.15, 0.2) is 0 Å². The van der Waals surface area contributed by atoms with Gasteiger partial charge in [-0.3, -0.25) is 0 Å². The van der Waals surface area contributed by atoms with Gasteiger partial charge in [0.2, 0.25) is 0 Å². The lowest BCUT2D eigenvalue weighted by molar-refractivity contribution is -0.109. The van der Waals surface area contributed by atoms with Crippen LogP contribution < -0.4 is 5.32 Å². The van der Waals surface area contributed by atoms with E-state index in [1.165, 1.54) is 25.7 Å². The number of rotatable bonds is 1. The maximum Gasteiger partial charge on any atom is 0.136 e. The third kappa shape index (κ3) is 6.63. The average molecular weight is 221 g/mol. The molecule has 0 bridgehead atoms. The zero-order valence-corrected chi connectivity index (χ0v) is 10.1. The summed E-state index contributed by atoms with van der Waals surface area (Å²) in [5.41, 5.74) is 0. The summed E-state index contributed by atoms with van der Waals surface area (Å²) in [7, 11) is 0. The second kappa shape index (κ2) is 9.42. The normalized spacial score (nSPS) is 24.9. The highest BCUT2D eigenvalue weighted by Crippen LogP contribution is 2.05. The van der Waals surface area contributed by atoms with Crippen LogP contribution in [-0.4, -0.2) is 18.9 Å². The molecule has 1 aliphatic rings. The van der Waals surface area contributed by atoms with Gasteiger partial charge in [0.05, 0.1) is 6.04 Å². The van der Waals surface area contributed by atoms with Crippen LogP contribution in [0.5, 0.6) is 0 Å². The van der Waals surface area contributed by atoms with E-state index >= 15 is 0 Å². The number of aldehydes is 1. The van der Waals surface area contributed by atoms with Crippen molar-refractivity contribution < 1.29 is 4.79 Å². The number of carbonyl (C=O) groups excluding carboxylic acids is 1. The lowest BCUT2D eigenvalue weighted by Crippen LogP contribution is -2.31. The zero-order valence-electron chi connectivity index (χ0n) is 10.1. The van der Waals surface area contributed by atoms with E-state index < -0.39 is 0 Å². The molecule has 1 heterocycles. The van der Waals surface area contributed by atoms with Gasteiger partial charge in [-0.2, -0.15) is 0 Å². The van der Waals surface area contributed by atoms with Crippen LogP contribution in [0.4, 0.5) is 0 Å². The first kappa shape index (κ1) is 13.3. The molecule has 2 nitrogen and oxygen atoms in total. The molecule has 0 saturated carbocycles. The molecule has 0 amide bonds. The molecular formula is C14H23NO. The van der Waals surface area contributed by atoms with Crippen molar-refractivity contribution in [3.8, 4) is 11.8 Å². The predicted octanol–water partition coefficient (Wildman–Crippen LogP) is 2.67. The minimum Gasteiger partial charge on any atom is -0.308 e. The van der Waals surface area contributed by atoms with Crippen LogP contribution in [0.25, 0.3) is 0 Å². The Morgan fingerprint density at radius 1 is 0.938 bits per heavy atom. The summed E-state index contributed by atoms with van der Waals surface area (Å²) >= 11 is 0. The SMILES string of the molecule is O=CC1CCCCC#CCCCCCCN1. The van der Waals surface area contributed by atoms with Crippen molar-refractivity contribution in [2.24, 2.45) is 0 Å². The van der Waals surface area contributed by atoms with E-state index in [0.29, 0.717) is 0 Å². The van der Waals surface area contributed by atoms with Gasteiger partial charge in [-0.15, -0.1) is 11.8 Å². The van der Waals surface area contributed by atoms with Crippen molar-refractivity contribution in [1.82, 2.24) is 5.32 Å². The van der Waals surface area contributed by atoms with Gasteiger partial charge in [-0.25, -0.2) is 0 Å². The number of nitrogens with one attached hydrogen (secondary N) is 1. The van der Waals surface area contributed by atoms with E-state index in [4.69, 9.17) is 0 Å². The van der Waals surface area contributed by atoms with E-state index in [9.17, 15) is 4.79 Å². The Balaban J connectivity index is 2.28. The fraction of sp³-hybridized carbons (Fsp3) is 0.786. The highest BCUT2D eigenvalue weighted by molar-refractivity contribution is 5.57. The molecule has 1 N–H and O–H groups in total. The number of hydrogen-bond donors (Lipinski definition) is 1. The lowest BCUT2D eigenvalue weighted by atomic mass is 10.1. The molecule has 0 aromatic heterocycles. The summed E-state index contributed by atoms with van der Waals surface area (Å²) in [6.07, 6.45) is 11.2. The van der Waals surface area contributed by atoms with Crippen LogP contribution in [0, 0.1) is 11.8 Å². The maximum absolute atomic E-state index is 10.8. The van der Waals surface area contributed by atoms with Crippen LogP contribution in [0.15, 0.2) is 0 Å². The summed E-state index contributed by atoms with van der Waals surface area (Å²) in [6, 6.07) is 0.0656. The summed E-state index contributed by atoms with van der Waals surface area (Å²) in [6.45, 7) is 0.981. The molecule has 90 valence electrons. The summed E-state index contributed by atoms with van der Waals surface area (Å²) < 4.78 is 0. The molecule has 0 aliphatic carbocycles. The van der Waals surface area contributed by atoms with Crippen molar-refractivity contribution in [2.75, 3.05) is 6.54 Å². The van der Waals surface area contributed by atoms with Crippen LogP contribution in [-0.2, 0) is 4.79 Å². The Morgan fingerprint density at radius 3 is 2.38 bits per heavy atom. The first-order chi connectivity index (χ1) is 7.93. The van der Waals surface area contributed by atoms with Crippen molar-refractivity contribution in [3.63, 3.8) is 0 Å². The van der Waals surface area contributed by atoms with E-state index in [2.05, 4.69) is 17.2 Å². The first-order valence-corrected chi connectivity index (χ1v) is 6.58. The molecule has 0 fully saturated rings. The third-order valence-corrected chi connectivity index (χ3v) is 2.99. The molecule has 1 unspecified atom stereocenters. The van der Waals surface area contributed by atoms with Crippen molar-refractivity contribution in [1.29, 1.82) is 0 Å². The van der Waals surface area contributed by atoms with Gasteiger partial charge in [0, 0.05) is 12.8 Å². The van der Waals surface area contributed by atoms with Crippen LogP contribution >= 0.6 is 0 Å². The smallest absolute Gasteiger partial charge is 0.136 e. The van der Waals surface area contributed by atoms with Gasteiger partial charge in [-0.1, -0.05) is 19.3 Å². The van der Waals surface area contributed by atoms with Gasteiger partial charge < -0.3 is 10.1 Å². The fourth-order valence-corrected chi connectivity index (χ4v) is 1.95. The molecule has 1 aliphatic heterocycles. The molecule has 0 radical (unpaired) electrons. The number of hydrogen-bond acceptors (Lipinski definition) is 2. The largest absolute Gasteiger partial charge is 0.308 e. The molecule has 0 aromatic carbocycles. The highest BCUT2D eigenvalue weighted by Gasteiger charge is 2.05. The van der Waals surface area contributed by atoms with Gasteiger partial charge in [-0.05, 0) is 32.2 Å². The number of carbonyl (C=O) groups is 1. The predicted molar refractivity (Wildman–Crippen MR) is 67.2 cm³/mol. The molecule has 1 atom stereocenters. The second-order valence-electron chi connectivity index (χ2n) is 4.46. The van der Waals surface area contributed by atoms with Crippen LogP contribution in [0.3, 0.4) is 0 Å². The standard InChI is InChI=1S/C14H23NO/c16-13-14-11-9-7-5-3-1-2-4-6-8-10-12-15-14/h13-15H,2,4-12H2. The first-order valence-electron chi connectivity index (χ1n) is 6.58. The van der Waals surface area contributed by atoms with E-state index in [0.717, 1.165) is 44.9 Å². The van der Waals surface area contributed by atoms with E-state index in [1.807, 2.05) is 0 Å². The lowest BCUT2D eigenvalue weighted by Gasteiger charge is -2.12. The molecule has 16 heavy (non-hydrogen) atoms. The monoisotopic (exact) mass is 221 g/mol.